The molecule has 0 aliphatic heterocycles. The van der Waals surface area contributed by atoms with Crippen LogP contribution in [0.2, 0.25) is 0 Å². The summed E-state index contributed by atoms with van der Waals surface area (Å²) in [7, 11) is 0. The van der Waals surface area contributed by atoms with Gasteiger partial charge in [-0.15, -0.1) is 0 Å². The second kappa shape index (κ2) is 5.34. The number of hydrogen-bond acceptors (Lipinski definition) is 1. The quantitative estimate of drug-likeness (QED) is 0.688. The molecule has 0 spiro atoms. The molecule has 1 aromatic heterocycles. The van der Waals surface area contributed by atoms with Crippen LogP contribution in [-0.4, -0.2) is 9.78 Å². The SMILES string of the molecule is CC.Cc1nn(C(C)C)c2c1CCCC2. The van der Waals surface area contributed by atoms with Gasteiger partial charge in [-0.1, -0.05) is 13.8 Å². The van der Waals surface area contributed by atoms with Crippen molar-refractivity contribution in [3.05, 3.63) is 17.0 Å². The molecule has 2 rings (SSSR count). The van der Waals surface area contributed by atoms with E-state index in [-0.39, 0.29) is 0 Å². The molecule has 0 saturated carbocycles. The van der Waals surface area contributed by atoms with E-state index in [1.54, 1.807) is 0 Å². The molecule has 1 aliphatic carbocycles. The largest absolute Gasteiger partial charge is 0.267 e. The lowest BCUT2D eigenvalue weighted by atomic mass is 9.96. The average molecular weight is 208 g/mol. The highest BCUT2D eigenvalue weighted by Gasteiger charge is 2.19. The molecule has 0 saturated heterocycles. The van der Waals surface area contributed by atoms with Gasteiger partial charge in [-0.25, -0.2) is 0 Å². The zero-order valence-electron chi connectivity index (χ0n) is 10.8. The second-order valence-electron chi connectivity index (χ2n) is 4.26. The molecule has 15 heavy (non-hydrogen) atoms. The maximum Gasteiger partial charge on any atom is 0.0628 e. The van der Waals surface area contributed by atoms with Gasteiger partial charge in [0.25, 0.3) is 0 Å². The van der Waals surface area contributed by atoms with Gasteiger partial charge in [-0.05, 0) is 52.0 Å². The maximum absolute atomic E-state index is 4.61. The van der Waals surface area contributed by atoms with Crippen molar-refractivity contribution in [2.24, 2.45) is 0 Å². The minimum absolute atomic E-state index is 0.514. The number of aryl methyl sites for hydroxylation is 1. The van der Waals surface area contributed by atoms with E-state index in [1.807, 2.05) is 13.8 Å². The maximum atomic E-state index is 4.61. The summed E-state index contributed by atoms with van der Waals surface area (Å²) < 4.78 is 2.21. The van der Waals surface area contributed by atoms with Crippen molar-refractivity contribution in [1.29, 1.82) is 0 Å². The van der Waals surface area contributed by atoms with Crippen molar-refractivity contribution in [2.75, 3.05) is 0 Å². The summed E-state index contributed by atoms with van der Waals surface area (Å²) in [4.78, 5) is 0. The number of nitrogens with zero attached hydrogens (tertiary/aromatic N) is 2. The van der Waals surface area contributed by atoms with Crippen molar-refractivity contribution >= 4 is 0 Å². The lowest BCUT2D eigenvalue weighted by molar-refractivity contribution is 0.493. The smallest absolute Gasteiger partial charge is 0.0628 e. The van der Waals surface area contributed by atoms with Crippen LogP contribution in [0, 0.1) is 6.92 Å². The highest BCUT2D eigenvalue weighted by molar-refractivity contribution is 5.28. The molecule has 0 radical (unpaired) electrons. The predicted octanol–water partition coefficient (Wildman–Crippen LogP) is 3.68. The van der Waals surface area contributed by atoms with Crippen molar-refractivity contribution in [3.63, 3.8) is 0 Å². The first kappa shape index (κ1) is 12.3. The summed E-state index contributed by atoms with van der Waals surface area (Å²) in [5.41, 5.74) is 4.28. The fourth-order valence-electron chi connectivity index (χ4n) is 2.24. The zero-order valence-corrected chi connectivity index (χ0v) is 10.8. The molecule has 1 aromatic rings. The highest BCUT2D eigenvalue weighted by Crippen LogP contribution is 2.25. The van der Waals surface area contributed by atoms with Crippen LogP contribution in [0.25, 0.3) is 0 Å². The molecule has 0 unspecified atom stereocenters. The van der Waals surface area contributed by atoms with Gasteiger partial charge in [0.2, 0.25) is 0 Å². The topological polar surface area (TPSA) is 17.8 Å². The molecule has 0 amide bonds. The van der Waals surface area contributed by atoms with Gasteiger partial charge in [0.05, 0.1) is 5.69 Å². The Bertz CT molecular complexity index is 311. The fourth-order valence-corrected chi connectivity index (χ4v) is 2.24. The Morgan fingerprint density at radius 1 is 1.13 bits per heavy atom. The first-order valence-corrected chi connectivity index (χ1v) is 6.27. The van der Waals surface area contributed by atoms with Crippen LogP contribution in [-0.2, 0) is 12.8 Å². The molecular formula is C13H24N2. The van der Waals surface area contributed by atoms with E-state index < -0.39 is 0 Å². The van der Waals surface area contributed by atoms with Crippen LogP contribution in [0.3, 0.4) is 0 Å². The van der Waals surface area contributed by atoms with Crippen LogP contribution in [0.5, 0.6) is 0 Å². The van der Waals surface area contributed by atoms with E-state index in [0.717, 1.165) is 0 Å². The summed E-state index contributed by atoms with van der Waals surface area (Å²) >= 11 is 0. The number of rotatable bonds is 1. The molecule has 0 bridgehead atoms. The third-order valence-electron chi connectivity index (χ3n) is 2.90. The van der Waals surface area contributed by atoms with E-state index in [1.165, 1.54) is 42.6 Å². The summed E-state index contributed by atoms with van der Waals surface area (Å²) in [6.45, 7) is 10.6. The van der Waals surface area contributed by atoms with E-state index in [9.17, 15) is 0 Å². The fraction of sp³-hybridized carbons (Fsp3) is 0.769. The van der Waals surface area contributed by atoms with Crippen molar-refractivity contribution in [3.8, 4) is 0 Å². The molecule has 0 fully saturated rings. The Kier molecular flexibility index (Phi) is 4.37. The summed E-state index contributed by atoms with van der Waals surface area (Å²) in [5.74, 6) is 0. The van der Waals surface area contributed by atoms with Crippen LogP contribution < -0.4 is 0 Å². The van der Waals surface area contributed by atoms with E-state index in [4.69, 9.17) is 0 Å². The third kappa shape index (κ3) is 2.42. The second-order valence-corrected chi connectivity index (χ2v) is 4.26. The van der Waals surface area contributed by atoms with Gasteiger partial charge >= 0.3 is 0 Å². The van der Waals surface area contributed by atoms with Crippen molar-refractivity contribution in [1.82, 2.24) is 9.78 Å². The molecule has 1 heterocycles. The van der Waals surface area contributed by atoms with Gasteiger partial charge < -0.3 is 0 Å². The highest BCUT2D eigenvalue weighted by atomic mass is 15.3. The molecule has 86 valence electrons. The molecule has 0 N–H and O–H groups in total. The molecule has 2 heteroatoms. The Labute approximate surface area is 93.7 Å². The van der Waals surface area contributed by atoms with Gasteiger partial charge in [-0.3, -0.25) is 4.68 Å². The molecule has 0 atom stereocenters. The van der Waals surface area contributed by atoms with Crippen LogP contribution in [0.1, 0.15) is 63.5 Å². The first-order chi connectivity index (χ1) is 7.20. The minimum Gasteiger partial charge on any atom is -0.267 e. The standard InChI is InChI=1S/C11H18N2.C2H6/c1-8(2)13-11-7-5-4-6-10(11)9(3)12-13;1-2/h8H,4-7H2,1-3H3;1-2H3. The molecule has 2 nitrogen and oxygen atoms in total. The van der Waals surface area contributed by atoms with Gasteiger partial charge in [0.1, 0.15) is 0 Å². The summed E-state index contributed by atoms with van der Waals surface area (Å²) in [6.07, 6.45) is 5.16. The van der Waals surface area contributed by atoms with Crippen LogP contribution in [0.15, 0.2) is 0 Å². The number of hydrogen-bond donors (Lipinski definition) is 0. The number of aromatic nitrogens is 2. The van der Waals surface area contributed by atoms with Crippen LogP contribution >= 0.6 is 0 Å². The van der Waals surface area contributed by atoms with E-state index in [0.29, 0.717) is 6.04 Å². The van der Waals surface area contributed by atoms with E-state index >= 15 is 0 Å². The molecular weight excluding hydrogens is 184 g/mol. The average Bonchev–Trinajstić information content (AvgIpc) is 2.60. The van der Waals surface area contributed by atoms with Gasteiger partial charge in [0, 0.05) is 11.7 Å². The normalized spacial score (nSPS) is 14.5. The van der Waals surface area contributed by atoms with E-state index in [2.05, 4.69) is 30.6 Å². The Hall–Kier alpha value is -0.790. The molecule has 1 aliphatic rings. The third-order valence-corrected chi connectivity index (χ3v) is 2.90. The lowest BCUT2D eigenvalue weighted by Crippen LogP contribution is -2.11. The van der Waals surface area contributed by atoms with Crippen molar-refractivity contribution in [2.45, 2.75) is 66.3 Å². The summed E-state index contributed by atoms with van der Waals surface area (Å²) in [6, 6.07) is 0.514. The Morgan fingerprint density at radius 2 is 1.73 bits per heavy atom. The first-order valence-electron chi connectivity index (χ1n) is 6.27. The zero-order chi connectivity index (χ0) is 11.4. The van der Waals surface area contributed by atoms with Gasteiger partial charge in [0.15, 0.2) is 0 Å². The van der Waals surface area contributed by atoms with Gasteiger partial charge in [-0.2, -0.15) is 5.10 Å². The molecule has 0 aromatic carbocycles. The Balaban J connectivity index is 0.000000531. The minimum atomic E-state index is 0.514. The monoisotopic (exact) mass is 208 g/mol. The van der Waals surface area contributed by atoms with Crippen LogP contribution in [0.4, 0.5) is 0 Å². The van der Waals surface area contributed by atoms with Crippen molar-refractivity contribution < 1.29 is 0 Å². The lowest BCUT2D eigenvalue weighted by Gasteiger charge is -2.15. The Morgan fingerprint density at radius 3 is 2.33 bits per heavy atom. The number of fused-ring (bicyclic) bond motifs is 1. The summed E-state index contributed by atoms with van der Waals surface area (Å²) in [5, 5.41) is 4.61. The predicted molar refractivity (Wildman–Crippen MR) is 65.3 cm³/mol.